The van der Waals surface area contributed by atoms with Crippen LogP contribution in [0, 0.1) is 0 Å². The maximum atomic E-state index is 11.9. The van der Waals surface area contributed by atoms with Gasteiger partial charge in [-0.3, -0.25) is 4.79 Å². The Kier molecular flexibility index (Phi) is 31.3. The number of rotatable bonds is 30. The van der Waals surface area contributed by atoms with Crippen LogP contribution < -0.4 is 21.7 Å². The van der Waals surface area contributed by atoms with Gasteiger partial charge in [0.05, 0.1) is 0 Å². The lowest BCUT2D eigenvalue weighted by Crippen LogP contribution is -2.28. The molecular formula is C31H64N4O. The molecule has 0 rings (SSSR count). The molecule has 0 saturated heterocycles. The zero-order chi connectivity index (χ0) is 26.2. The molecule has 36 heavy (non-hydrogen) atoms. The van der Waals surface area contributed by atoms with Crippen LogP contribution in [0.3, 0.4) is 0 Å². The molecule has 0 radical (unpaired) electrons. The lowest BCUT2D eigenvalue weighted by atomic mass is 10.1. The first-order chi connectivity index (χ1) is 17.8. The zero-order valence-corrected chi connectivity index (χ0v) is 24.2. The van der Waals surface area contributed by atoms with E-state index in [1.165, 1.54) is 103 Å². The third-order valence-corrected chi connectivity index (χ3v) is 6.78. The number of allylic oxidation sites excluding steroid dienone is 2. The van der Waals surface area contributed by atoms with Crippen molar-refractivity contribution in [3.63, 3.8) is 0 Å². The summed E-state index contributed by atoms with van der Waals surface area (Å²) in [6.45, 7) is 7.88. The van der Waals surface area contributed by atoms with Crippen molar-refractivity contribution in [2.24, 2.45) is 5.73 Å². The van der Waals surface area contributed by atoms with Crippen LogP contribution in [-0.4, -0.2) is 45.2 Å². The number of hydrogen-bond donors (Lipinski definition) is 4. The number of nitrogens with one attached hydrogen (secondary N) is 3. The van der Waals surface area contributed by atoms with E-state index < -0.39 is 0 Å². The summed E-state index contributed by atoms with van der Waals surface area (Å²) in [4.78, 5) is 11.9. The Morgan fingerprint density at radius 2 is 1.00 bits per heavy atom. The molecule has 0 aliphatic carbocycles. The monoisotopic (exact) mass is 509 g/mol. The molecule has 0 aromatic rings. The minimum absolute atomic E-state index is 0.222. The van der Waals surface area contributed by atoms with E-state index in [4.69, 9.17) is 5.73 Å². The fraction of sp³-hybridized carbons (Fsp3) is 0.903. The van der Waals surface area contributed by atoms with E-state index in [1.807, 2.05) is 0 Å². The molecule has 0 unspecified atom stereocenters. The zero-order valence-electron chi connectivity index (χ0n) is 24.2. The van der Waals surface area contributed by atoms with Gasteiger partial charge in [-0.15, -0.1) is 0 Å². The average Bonchev–Trinajstić information content (AvgIpc) is 2.88. The summed E-state index contributed by atoms with van der Waals surface area (Å²) in [5.41, 5.74) is 5.47. The minimum Gasteiger partial charge on any atom is -0.356 e. The number of nitrogens with two attached hydrogens (primary N) is 1. The highest BCUT2D eigenvalue weighted by molar-refractivity contribution is 5.75. The van der Waals surface area contributed by atoms with Crippen molar-refractivity contribution in [2.75, 3.05) is 39.3 Å². The molecule has 5 N–H and O–H groups in total. The van der Waals surface area contributed by atoms with Crippen molar-refractivity contribution in [2.45, 2.75) is 142 Å². The summed E-state index contributed by atoms with van der Waals surface area (Å²) in [5.74, 6) is 0.222. The molecule has 0 aliphatic heterocycles. The Hall–Kier alpha value is -0.910. The van der Waals surface area contributed by atoms with Crippen LogP contribution in [0.5, 0.6) is 0 Å². The normalized spacial score (nSPS) is 11.5. The summed E-state index contributed by atoms with van der Waals surface area (Å²) in [5, 5.41) is 9.88. The highest BCUT2D eigenvalue weighted by Crippen LogP contribution is 2.12. The van der Waals surface area contributed by atoms with Crippen LogP contribution in [0.2, 0.25) is 0 Å². The van der Waals surface area contributed by atoms with Crippen LogP contribution in [0.15, 0.2) is 12.2 Å². The third kappa shape index (κ3) is 31.1. The maximum absolute atomic E-state index is 11.9. The van der Waals surface area contributed by atoms with E-state index in [0.717, 1.165) is 65.0 Å². The third-order valence-electron chi connectivity index (χ3n) is 6.78. The van der Waals surface area contributed by atoms with Crippen molar-refractivity contribution in [3.8, 4) is 0 Å². The first-order valence-electron chi connectivity index (χ1n) is 15.8. The van der Waals surface area contributed by atoms with Gasteiger partial charge in [0.15, 0.2) is 0 Å². The number of carbonyl (C=O) groups is 1. The second kappa shape index (κ2) is 32.1. The minimum atomic E-state index is 0.222. The summed E-state index contributed by atoms with van der Waals surface area (Å²) >= 11 is 0. The van der Waals surface area contributed by atoms with Gasteiger partial charge in [0.25, 0.3) is 0 Å². The van der Waals surface area contributed by atoms with Crippen molar-refractivity contribution in [1.82, 2.24) is 16.0 Å². The van der Waals surface area contributed by atoms with Gasteiger partial charge in [-0.2, -0.15) is 0 Å². The van der Waals surface area contributed by atoms with Crippen molar-refractivity contribution >= 4 is 5.91 Å². The van der Waals surface area contributed by atoms with Crippen molar-refractivity contribution < 1.29 is 4.79 Å². The van der Waals surface area contributed by atoms with Gasteiger partial charge in [0.1, 0.15) is 0 Å². The Labute approximate surface area is 225 Å². The number of amides is 1. The molecule has 0 spiro atoms. The van der Waals surface area contributed by atoms with Crippen LogP contribution in [0.1, 0.15) is 142 Å². The second-order valence-corrected chi connectivity index (χ2v) is 10.4. The molecule has 0 aromatic heterocycles. The van der Waals surface area contributed by atoms with E-state index in [-0.39, 0.29) is 5.91 Å². The molecule has 1 amide bonds. The number of unbranched alkanes of at least 4 members (excludes halogenated alkanes) is 15. The van der Waals surface area contributed by atoms with Gasteiger partial charge in [0, 0.05) is 13.0 Å². The lowest BCUT2D eigenvalue weighted by Gasteiger charge is -2.07. The van der Waals surface area contributed by atoms with E-state index in [9.17, 15) is 4.79 Å². The van der Waals surface area contributed by atoms with E-state index in [2.05, 4.69) is 35.0 Å². The molecule has 0 aliphatic rings. The second-order valence-electron chi connectivity index (χ2n) is 10.4. The SMILES string of the molecule is CCCCCCCCC=CCCCCCCCCCCCC(=O)NCCCNCCCNCCCN. The van der Waals surface area contributed by atoms with Crippen molar-refractivity contribution in [3.05, 3.63) is 12.2 Å². The molecule has 0 saturated carbocycles. The van der Waals surface area contributed by atoms with Gasteiger partial charge in [-0.05, 0) is 84.1 Å². The maximum Gasteiger partial charge on any atom is 0.219 e. The molecule has 0 atom stereocenters. The smallest absolute Gasteiger partial charge is 0.219 e. The number of hydrogen-bond acceptors (Lipinski definition) is 4. The van der Waals surface area contributed by atoms with Crippen molar-refractivity contribution in [1.29, 1.82) is 0 Å². The summed E-state index contributed by atoms with van der Waals surface area (Å²) in [7, 11) is 0. The van der Waals surface area contributed by atoms with Gasteiger partial charge >= 0.3 is 0 Å². The Morgan fingerprint density at radius 3 is 1.53 bits per heavy atom. The Morgan fingerprint density at radius 1 is 0.556 bits per heavy atom. The fourth-order valence-electron chi connectivity index (χ4n) is 4.41. The molecule has 5 heteroatoms. The van der Waals surface area contributed by atoms with Crippen LogP contribution >= 0.6 is 0 Å². The van der Waals surface area contributed by atoms with Gasteiger partial charge in [-0.25, -0.2) is 0 Å². The van der Waals surface area contributed by atoms with E-state index in [0.29, 0.717) is 6.42 Å². The molecule has 0 fully saturated rings. The molecule has 0 heterocycles. The lowest BCUT2D eigenvalue weighted by molar-refractivity contribution is -0.121. The molecule has 0 aromatic carbocycles. The predicted octanol–water partition coefficient (Wildman–Crippen LogP) is 7.01. The van der Waals surface area contributed by atoms with E-state index >= 15 is 0 Å². The number of carbonyl (C=O) groups excluding carboxylic acids is 1. The quantitative estimate of drug-likeness (QED) is 0.0621. The van der Waals surface area contributed by atoms with Gasteiger partial charge in [-0.1, -0.05) is 96.1 Å². The predicted molar refractivity (Wildman–Crippen MR) is 160 cm³/mol. The fourth-order valence-corrected chi connectivity index (χ4v) is 4.41. The summed E-state index contributed by atoms with van der Waals surface area (Å²) in [6, 6.07) is 0. The molecule has 214 valence electrons. The van der Waals surface area contributed by atoms with Crippen LogP contribution in [0.25, 0.3) is 0 Å². The Bertz CT molecular complexity index is 456. The summed E-state index contributed by atoms with van der Waals surface area (Å²) in [6.07, 6.45) is 31.3. The van der Waals surface area contributed by atoms with Gasteiger partial charge in [0.2, 0.25) is 5.91 Å². The van der Waals surface area contributed by atoms with Crippen LogP contribution in [-0.2, 0) is 4.79 Å². The highest BCUT2D eigenvalue weighted by atomic mass is 16.1. The topological polar surface area (TPSA) is 79.2 Å². The highest BCUT2D eigenvalue weighted by Gasteiger charge is 2.00. The summed E-state index contributed by atoms with van der Waals surface area (Å²) < 4.78 is 0. The Balaban J connectivity index is 3.18. The van der Waals surface area contributed by atoms with E-state index in [1.54, 1.807) is 0 Å². The first kappa shape index (κ1) is 35.1. The molecule has 5 nitrogen and oxygen atoms in total. The molecule has 0 bridgehead atoms. The average molecular weight is 509 g/mol. The first-order valence-corrected chi connectivity index (χ1v) is 15.8. The standard InChI is InChI=1S/C31H64N4O/c1-2-3-4-5-6-7-8-9-10-11-12-13-14-15-16-17-18-19-20-24-31(36)35-30-23-29-34-28-22-27-33-26-21-25-32/h9-10,33-34H,2-8,11-30,32H2,1H3,(H,35,36). The van der Waals surface area contributed by atoms with Gasteiger partial charge < -0.3 is 21.7 Å². The molecular weight excluding hydrogens is 444 g/mol. The largest absolute Gasteiger partial charge is 0.356 e. The van der Waals surface area contributed by atoms with Crippen LogP contribution in [0.4, 0.5) is 0 Å².